The first kappa shape index (κ1) is 10.3. The number of benzene rings is 1. The Hall–Kier alpha value is -0.820. The Labute approximate surface area is 80.4 Å². The van der Waals surface area contributed by atoms with Crippen LogP contribution in [0, 0.1) is 13.8 Å². The van der Waals surface area contributed by atoms with Crippen LogP contribution < -0.4 is 0 Å². The van der Waals surface area contributed by atoms with Crippen LogP contribution in [0.2, 0.25) is 0 Å². The van der Waals surface area contributed by atoms with Crippen LogP contribution in [0.15, 0.2) is 18.2 Å². The highest BCUT2D eigenvalue weighted by molar-refractivity contribution is 5.34. The molecule has 0 saturated heterocycles. The van der Waals surface area contributed by atoms with E-state index in [-0.39, 0.29) is 0 Å². The fraction of sp³-hybridized carbons (Fsp3) is 0.500. The molecular weight excluding hydrogens is 160 g/mol. The summed E-state index contributed by atoms with van der Waals surface area (Å²) in [5.74, 6) is 0. The number of aryl methyl sites for hydroxylation is 2. The minimum atomic E-state index is -0.683. The van der Waals surface area contributed by atoms with Crippen LogP contribution in [-0.4, -0.2) is 5.11 Å². The summed E-state index contributed by atoms with van der Waals surface area (Å²) >= 11 is 0. The van der Waals surface area contributed by atoms with E-state index in [9.17, 15) is 5.11 Å². The number of hydrogen-bond donors (Lipinski definition) is 1. The molecular formula is C12H18O. The first-order valence-electron chi connectivity index (χ1n) is 4.77. The second-order valence-electron chi connectivity index (χ2n) is 3.95. The third-order valence-corrected chi connectivity index (χ3v) is 2.65. The van der Waals surface area contributed by atoms with Gasteiger partial charge in [0.15, 0.2) is 0 Å². The standard InChI is InChI=1S/C12H18O/c1-5-12(4,13)11-7-6-9(2)8-10(11)3/h6-8,13H,5H2,1-4H3/t12-/m1/s1. The lowest BCUT2D eigenvalue weighted by Gasteiger charge is -2.24. The van der Waals surface area contributed by atoms with Crippen molar-refractivity contribution in [2.75, 3.05) is 0 Å². The molecule has 1 atom stereocenters. The molecule has 0 amide bonds. The Morgan fingerprint density at radius 2 is 1.92 bits per heavy atom. The molecule has 1 heteroatoms. The van der Waals surface area contributed by atoms with E-state index in [2.05, 4.69) is 13.0 Å². The summed E-state index contributed by atoms with van der Waals surface area (Å²) in [5, 5.41) is 10.1. The Morgan fingerprint density at radius 3 is 2.38 bits per heavy atom. The Kier molecular flexibility index (Phi) is 2.77. The van der Waals surface area contributed by atoms with Gasteiger partial charge in [0.1, 0.15) is 0 Å². The summed E-state index contributed by atoms with van der Waals surface area (Å²) < 4.78 is 0. The fourth-order valence-corrected chi connectivity index (χ4v) is 1.61. The van der Waals surface area contributed by atoms with Crippen molar-refractivity contribution in [3.05, 3.63) is 34.9 Å². The van der Waals surface area contributed by atoms with Crippen LogP contribution in [0.4, 0.5) is 0 Å². The Bertz CT molecular complexity index is 300. The zero-order chi connectivity index (χ0) is 10.1. The molecule has 0 aromatic heterocycles. The Balaban J connectivity index is 3.16. The predicted octanol–water partition coefficient (Wildman–Crippen LogP) is 2.92. The van der Waals surface area contributed by atoms with Crippen molar-refractivity contribution < 1.29 is 5.11 Å². The van der Waals surface area contributed by atoms with Gasteiger partial charge >= 0.3 is 0 Å². The highest BCUT2D eigenvalue weighted by Gasteiger charge is 2.21. The zero-order valence-corrected chi connectivity index (χ0v) is 8.89. The van der Waals surface area contributed by atoms with E-state index in [1.165, 1.54) is 11.1 Å². The van der Waals surface area contributed by atoms with Crippen LogP contribution in [0.1, 0.15) is 37.0 Å². The van der Waals surface area contributed by atoms with E-state index in [0.717, 1.165) is 12.0 Å². The highest BCUT2D eigenvalue weighted by atomic mass is 16.3. The summed E-state index contributed by atoms with van der Waals surface area (Å²) in [6.07, 6.45) is 0.747. The molecule has 0 spiro atoms. The number of hydrogen-bond acceptors (Lipinski definition) is 1. The molecule has 0 fully saturated rings. The molecule has 0 aliphatic heterocycles. The molecule has 1 nitrogen and oxygen atoms in total. The summed E-state index contributed by atoms with van der Waals surface area (Å²) in [4.78, 5) is 0. The third-order valence-electron chi connectivity index (χ3n) is 2.65. The van der Waals surface area contributed by atoms with Crippen LogP contribution >= 0.6 is 0 Å². The van der Waals surface area contributed by atoms with Gasteiger partial charge in [0.25, 0.3) is 0 Å². The monoisotopic (exact) mass is 178 g/mol. The van der Waals surface area contributed by atoms with Crippen molar-refractivity contribution >= 4 is 0 Å². The minimum Gasteiger partial charge on any atom is -0.385 e. The largest absolute Gasteiger partial charge is 0.385 e. The van der Waals surface area contributed by atoms with Crippen molar-refractivity contribution in [3.63, 3.8) is 0 Å². The summed E-state index contributed by atoms with van der Waals surface area (Å²) in [6, 6.07) is 6.18. The van der Waals surface area contributed by atoms with Gasteiger partial charge in [-0.05, 0) is 38.3 Å². The van der Waals surface area contributed by atoms with E-state index in [1.54, 1.807) is 0 Å². The van der Waals surface area contributed by atoms with Gasteiger partial charge in [0.2, 0.25) is 0 Å². The molecule has 1 N–H and O–H groups in total. The molecule has 0 bridgehead atoms. The molecule has 0 aliphatic rings. The van der Waals surface area contributed by atoms with Crippen molar-refractivity contribution in [1.82, 2.24) is 0 Å². The van der Waals surface area contributed by atoms with Gasteiger partial charge in [-0.1, -0.05) is 30.7 Å². The molecule has 1 aromatic rings. The minimum absolute atomic E-state index is 0.683. The fourth-order valence-electron chi connectivity index (χ4n) is 1.61. The molecule has 0 heterocycles. The lowest BCUT2D eigenvalue weighted by molar-refractivity contribution is 0.0524. The second kappa shape index (κ2) is 3.51. The van der Waals surface area contributed by atoms with E-state index in [0.29, 0.717) is 0 Å². The van der Waals surface area contributed by atoms with E-state index >= 15 is 0 Å². The predicted molar refractivity (Wildman–Crippen MR) is 55.8 cm³/mol. The molecule has 0 aliphatic carbocycles. The molecule has 0 saturated carbocycles. The second-order valence-corrected chi connectivity index (χ2v) is 3.95. The molecule has 1 aromatic carbocycles. The van der Waals surface area contributed by atoms with Crippen molar-refractivity contribution in [1.29, 1.82) is 0 Å². The van der Waals surface area contributed by atoms with E-state index < -0.39 is 5.60 Å². The van der Waals surface area contributed by atoms with Gasteiger partial charge in [-0.15, -0.1) is 0 Å². The third kappa shape index (κ3) is 2.10. The van der Waals surface area contributed by atoms with Gasteiger partial charge in [-0.25, -0.2) is 0 Å². The van der Waals surface area contributed by atoms with Crippen molar-refractivity contribution in [2.45, 2.75) is 39.7 Å². The molecule has 0 radical (unpaired) electrons. The summed E-state index contributed by atoms with van der Waals surface area (Å²) in [6.45, 7) is 7.98. The number of rotatable bonds is 2. The number of aliphatic hydroxyl groups is 1. The first-order valence-corrected chi connectivity index (χ1v) is 4.77. The average Bonchev–Trinajstić information content (AvgIpc) is 2.03. The summed E-state index contributed by atoms with van der Waals surface area (Å²) in [5.41, 5.74) is 2.78. The molecule has 72 valence electrons. The highest BCUT2D eigenvalue weighted by Crippen LogP contribution is 2.27. The van der Waals surface area contributed by atoms with Gasteiger partial charge in [0, 0.05) is 0 Å². The van der Waals surface area contributed by atoms with E-state index in [4.69, 9.17) is 0 Å². The van der Waals surface area contributed by atoms with Gasteiger partial charge in [-0.2, -0.15) is 0 Å². The maximum atomic E-state index is 10.1. The van der Waals surface area contributed by atoms with Crippen LogP contribution in [-0.2, 0) is 5.60 Å². The lowest BCUT2D eigenvalue weighted by Crippen LogP contribution is -2.20. The zero-order valence-electron chi connectivity index (χ0n) is 8.89. The molecule has 0 unspecified atom stereocenters. The maximum absolute atomic E-state index is 10.1. The first-order chi connectivity index (χ1) is 5.97. The average molecular weight is 178 g/mol. The quantitative estimate of drug-likeness (QED) is 0.738. The van der Waals surface area contributed by atoms with Crippen LogP contribution in [0.3, 0.4) is 0 Å². The SMILES string of the molecule is CC[C@@](C)(O)c1ccc(C)cc1C. The lowest BCUT2D eigenvalue weighted by atomic mass is 9.89. The van der Waals surface area contributed by atoms with Crippen molar-refractivity contribution in [3.8, 4) is 0 Å². The van der Waals surface area contributed by atoms with Crippen molar-refractivity contribution in [2.24, 2.45) is 0 Å². The van der Waals surface area contributed by atoms with Gasteiger partial charge in [0.05, 0.1) is 5.60 Å². The molecule has 1 rings (SSSR count). The molecule has 13 heavy (non-hydrogen) atoms. The van der Waals surface area contributed by atoms with Gasteiger partial charge < -0.3 is 5.11 Å². The normalized spacial score (nSPS) is 15.5. The van der Waals surface area contributed by atoms with Crippen LogP contribution in [0.25, 0.3) is 0 Å². The van der Waals surface area contributed by atoms with E-state index in [1.807, 2.05) is 32.9 Å². The summed E-state index contributed by atoms with van der Waals surface area (Å²) in [7, 11) is 0. The van der Waals surface area contributed by atoms with Gasteiger partial charge in [-0.3, -0.25) is 0 Å². The Morgan fingerprint density at radius 1 is 1.31 bits per heavy atom. The van der Waals surface area contributed by atoms with Crippen LogP contribution in [0.5, 0.6) is 0 Å². The maximum Gasteiger partial charge on any atom is 0.0868 e. The smallest absolute Gasteiger partial charge is 0.0868 e. The topological polar surface area (TPSA) is 20.2 Å².